The summed E-state index contributed by atoms with van der Waals surface area (Å²) < 4.78 is 16.6. The number of carbonyl (C=O) groups excluding carboxylic acids is 3. The first-order valence-corrected chi connectivity index (χ1v) is 25.1. The molecule has 0 saturated carbocycles. The lowest BCUT2D eigenvalue weighted by atomic mass is 10.0. The molecule has 0 radical (unpaired) electrons. The Hall–Kier alpha value is -2.63. The van der Waals surface area contributed by atoms with Gasteiger partial charge in [-0.05, 0) is 77.0 Å². The fraction of sp³-hybridized carbons (Fsp3) is 0.792. The van der Waals surface area contributed by atoms with E-state index in [9.17, 15) is 14.4 Å². The van der Waals surface area contributed by atoms with Gasteiger partial charge in [-0.1, -0.05) is 204 Å². The van der Waals surface area contributed by atoms with Crippen LogP contribution in [0.2, 0.25) is 0 Å². The van der Waals surface area contributed by atoms with Crippen molar-refractivity contribution in [2.75, 3.05) is 13.2 Å². The zero-order valence-corrected chi connectivity index (χ0v) is 39.0. The summed E-state index contributed by atoms with van der Waals surface area (Å²) in [7, 11) is 0. The maximum atomic E-state index is 12.7. The molecular formula is C53H94O6. The number of rotatable bonds is 45. The Morgan fingerprint density at radius 2 is 0.661 bits per heavy atom. The largest absolute Gasteiger partial charge is 0.462 e. The van der Waals surface area contributed by atoms with E-state index in [1.807, 2.05) is 0 Å². The molecule has 6 nitrogen and oxygen atoms in total. The molecule has 0 saturated heterocycles. The normalized spacial score (nSPS) is 12.4. The topological polar surface area (TPSA) is 78.9 Å². The van der Waals surface area contributed by atoms with E-state index in [2.05, 4.69) is 69.4 Å². The molecule has 0 amide bonds. The number of hydrogen-bond donors (Lipinski definition) is 0. The highest BCUT2D eigenvalue weighted by Crippen LogP contribution is 2.15. The van der Waals surface area contributed by atoms with Gasteiger partial charge in [0.05, 0.1) is 0 Å². The molecule has 0 aliphatic carbocycles. The standard InChI is InChI=1S/C53H94O6/c1-4-7-10-13-15-17-19-21-22-23-24-25-26-27-28-29-30-32-33-35-37-40-43-46-52(55)58-49-50(48-57-51(54)45-42-39-12-9-6-3)59-53(56)47-44-41-38-36-34-31-20-18-16-14-11-8-5-2/h8,11,16,18,23-24,31,34,50H,4-7,9-10,12-15,17,19-22,25-30,32-33,35-49H2,1-3H3/b11-8-,18-16-,24-23-,34-31-. The van der Waals surface area contributed by atoms with Crippen molar-refractivity contribution < 1.29 is 28.6 Å². The average Bonchev–Trinajstić information content (AvgIpc) is 3.23. The molecule has 0 N–H and O–H groups in total. The van der Waals surface area contributed by atoms with Gasteiger partial charge in [-0.15, -0.1) is 0 Å². The van der Waals surface area contributed by atoms with E-state index in [0.717, 1.165) is 89.9 Å². The number of unbranched alkanes of at least 4 members (excludes halogenated alkanes) is 26. The van der Waals surface area contributed by atoms with Crippen molar-refractivity contribution >= 4 is 17.9 Å². The highest BCUT2D eigenvalue weighted by Gasteiger charge is 2.19. The minimum absolute atomic E-state index is 0.0848. The molecule has 0 aromatic heterocycles. The minimum atomic E-state index is -0.782. The van der Waals surface area contributed by atoms with Crippen LogP contribution in [0.15, 0.2) is 48.6 Å². The van der Waals surface area contributed by atoms with Crippen LogP contribution in [0.1, 0.15) is 252 Å². The molecule has 0 bridgehead atoms. The molecule has 1 atom stereocenters. The van der Waals surface area contributed by atoms with Gasteiger partial charge in [-0.3, -0.25) is 14.4 Å². The third-order valence-electron chi connectivity index (χ3n) is 10.8. The molecule has 6 heteroatoms. The van der Waals surface area contributed by atoms with Crippen molar-refractivity contribution in [3.05, 3.63) is 48.6 Å². The fourth-order valence-corrected chi connectivity index (χ4v) is 7.04. The summed E-state index contributed by atoms with van der Waals surface area (Å²) >= 11 is 0. The first-order valence-electron chi connectivity index (χ1n) is 25.1. The molecule has 0 spiro atoms. The van der Waals surface area contributed by atoms with Gasteiger partial charge in [0.25, 0.3) is 0 Å². The molecule has 342 valence electrons. The summed E-state index contributed by atoms with van der Waals surface area (Å²) in [4.78, 5) is 37.6. The Balaban J connectivity index is 4.10. The van der Waals surface area contributed by atoms with E-state index in [0.29, 0.717) is 19.3 Å². The van der Waals surface area contributed by atoms with E-state index in [-0.39, 0.29) is 31.1 Å². The zero-order chi connectivity index (χ0) is 43.0. The van der Waals surface area contributed by atoms with E-state index >= 15 is 0 Å². The number of carbonyl (C=O) groups is 3. The van der Waals surface area contributed by atoms with Crippen molar-refractivity contribution in [2.24, 2.45) is 0 Å². The Morgan fingerprint density at radius 3 is 1.07 bits per heavy atom. The van der Waals surface area contributed by atoms with Crippen molar-refractivity contribution in [1.29, 1.82) is 0 Å². The number of esters is 3. The van der Waals surface area contributed by atoms with Gasteiger partial charge < -0.3 is 14.2 Å². The van der Waals surface area contributed by atoms with Crippen LogP contribution in [0.5, 0.6) is 0 Å². The fourth-order valence-electron chi connectivity index (χ4n) is 7.04. The highest BCUT2D eigenvalue weighted by atomic mass is 16.6. The molecule has 1 unspecified atom stereocenters. The second-order valence-electron chi connectivity index (χ2n) is 16.7. The molecule has 0 rings (SSSR count). The van der Waals surface area contributed by atoms with Gasteiger partial charge in [0.2, 0.25) is 0 Å². The lowest BCUT2D eigenvalue weighted by Gasteiger charge is -2.18. The maximum Gasteiger partial charge on any atom is 0.306 e. The molecule has 0 aliphatic rings. The van der Waals surface area contributed by atoms with Crippen LogP contribution in [-0.4, -0.2) is 37.2 Å². The Bertz CT molecular complexity index is 1040. The number of ether oxygens (including phenoxy) is 3. The quantitative estimate of drug-likeness (QED) is 0.0263. The lowest BCUT2D eigenvalue weighted by Crippen LogP contribution is -2.30. The minimum Gasteiger partial charge on any atom is -0.462 e. The smallest absolute Gasteiger partial charge is 0.306 e. The summed E-state index contributed by atoms with van der Waals surface area (Å²) in [5, 5.41) is 0. The predicted octanol–water partition coefficient (Wildman–Crippen LogP) is 16.3. The van der Waals surface area contributed by atoms with Gasteiger partial charge >= 0.3 is 17.9 Å². The molecule has 0 aromatic carbocycles. The van der Waals surface area contributed by atoms with E-state index in [1.165, 1.54) is 122 Å². The SMILES string of the molecule is CC/C=C\C/C=C\C/C=C\CCCCCC(=O)OC(COC(=O)CCCCCCC)COC(=O)CCCCCCCCCCCCC/C=C\CCCCCCCCCC. The highest BCUT2D eigenvalue weighted by molar-refractivity contribution is 5.71. The summed E-state index contributed by atoms with van der Waals surface area (Å²) in [5.74, 6) is -0.927. The third-order valence-corrected chi connectivity index (χ3v) is 10.8. The molecule has 0 aliphatic heterocycles. The lowest BCUT2D eigenvalue weighted by molar-refractivity contribution is -0.167. The van der Waals surface area contributed by atoms with Crippen molar-refractivity contribution in [3.63, 3.8) is 0 Å². The average molecular weight is 827 g/mol. The predicted molar refractivity (Wildman–Crippen MR) is 252 cm³/mol. The molecule has 0 fully saturated rings. The molecule has 0 heterocycles. The van der Waals surface area contributed by atoms with Crippen molar-refractivity contribution in [3.8, 4) is 0 Å². The summed E-state index contributed by atoms with van der Waals surface area (Å²) in [6.07, 6.45) is 57.2. The molecular weight excluding hydrogens is 733 g/mol. The van der Waals surface area contributed by atoms with Crippen molar-refractivity contribution in [2.45, 2.75) is 258 Å². The number of hydrogen-bond acceptors (Lipinski definition) is 6. The summed E-state index contributed by atoms with van der Waals surface area (Å²) in [6, 6.07) is 0. The Morgan fingerprint density at radius 1 is 0.356 bits per heavy atom. The molecule has 0 aromatic rings. The monoisotopic (exact) mass is 827 g/mol. The van der Waals surface area contributed by atoms with E-state index in [1.54, 1.807) is 0 Å². The third kappa shape index (κ3) is 46.3. The zero-order valence-electron chi connectivity index (χ0n) is 39.0. The second-order valence-corrected chi connectivity index (χ2v) is 16.7. The first kappa shape index (κ1) is 56.4. The van der Waals surface area contributed by atoms with Crippen LogP contribution in [-0.2, 0) is 28.6 Å². The van der Waals surface area contributed by atoms with Crippen LogP contribution in [0.3, 0.4) is 0 Å². The summed E-state index contributed by atoms with van der Waals surface area (Å²) in [6.45, 7) is 6.42. The van der Waals surface area contributed by atoms with Crippen molar-refractivity contribution in [1.82, 2.24) is 0 Å². The van der Waals surface area contributed by atoms with Crippen LogP contribution in [0.4, 0.5) is 0 Å². The van der Waals surface area contributed by atoms with Crippen LogP contribution in [0.25, 0.3) is 0 Å². The van der Waals surface area contributed by atoms with Gasteiger partial charge in [0.1, 0.15) is 13.2 Å². The van der Waals surface area contributed by atoms with Crippen LogP contribution in [0, 0.1) is 0 Å². The van der Waals surface area contributed by atoms with Gasteiger partial charge in [-0.2, -0.15) is 0 Å². The Labute approximate surface area is 365 Å². The van der Waals surface area contributed by atoms with E-state index in [4.69, 9.17) is 14.2 Å². The van der Waals surface area contributed by atoms with Crippen LogP contribution < -0.4 is 0 Å². The van der Waals surface area contributed by atoms with Gasteiger partial charge in [0.15, 0.2) is 6.10 Å². The number of allylic oxidation sites excluding steroid dienone is 8. The maximum absolute atomic E-state index is 12.7. The Kier molecular flexibility index (Phi) is 45.9. The van der Waals surface area contributed by atoms with E-state index < -0.39 is 6.10 Å². The first-order chi connectivity index (χ1) is 29.0. The summed E-state index contributed by atoms with van der Waals surface area (Å²) in [5.41, 5.74) is 0. The molecule has 59 heavy (non-hydrogen) atoms. The van der Waals surface area contributed by atoms with Gasteiger partial charge in [-0.25, -0.2) is 0 Å². The second kappa shape index (κ2) is 48.0. The van der Waals surface area contributed by atoms with Gasteiger partial charge in [0, 0.05) is 19.3 Å². The van der Waals surface area contributed by atoms with Crippen LogP contribution >= 0.6 is 0 Å².